The molecule has 0 aliphatic rings. The first-order chi connectivity index (χ1) is 13.2. The predicted molar refractivity (Wildman–Crippen MR) is 110 cm³/mol. The molecule has 0 saturated heterocycles. The van der Waals surface area contributed by atoms with Gasteiger partial charge in [-0.3, -0.25) is 9.48 Å². The van der Waals surface area contributed by atoms with Gasteiger partial charge in [-0.2, -0.15) is 10.2 Å². The van der Waals surface area contributed by atoms with Gasteiger partial charge in [0.05, 0.1) is 23.3 Å². The molecule has 1 amide bonds. The van der Waals surface area contributed by atoms with Crippen LogP contribution in [0.25, 0.3) is 11.0 Å². The Kier molecular flexibility index (Phi) is 5.54. The molecular weight excluding hydrogens is 352 g/mol. The SMILES string of the molecule is CC(C)c1cc(C(=O)N(Cc2cnn(C)c2)C(C)C)c2cnn(C(C)C)c2n1. The predicted octanol–water partition coefficient (Wildman–Crippen LogP) is 3.92. The van der Waals surface area contributed by atoms with Crippen LogP contribution in [0.5, 0.6) is 0 Å². The van der Waals surface area contributed by atoms with E-state index in [4.69, 9.17) is 4.98 Å². The van der Waals surface area contributed by atoms with Crippen LogP contribution in [0.15, 0.2) is 24.7 Å². The zero-order valence-corrected chi connectivity index (χ0v) is 17.8. The maximum absolute atomic E-state index is 13.6. The van der Waals surface area contributed by atoms with Crippen LogP contribution < -0.4 is 0 Å². The number of carbonyl (C=O) groups excluding carboxylic acids is 1. The zero-order chi connectivity index (χ0) is 20.6. The van der Waals surface area contributed by atoms with Crippen LogP contribution in [0.3, 0.4) is 0 Å². The number of pyridine rings is 1. The van der Waals surface area contributed by atoms with E-state index in [1.807, 2.05) is 42.7 Å². The summed E-state index contributed by atoms with van der Waals surface area (Å²) in [5.41, 5.74) is 3.35. The number of fused-ring (bicyclic) bond motifs is 1. The van der Waals surface area contributed by atoms with Gasteiger partial charge in [0, 0.05) is 43.1 Å². The highest BCUT2D eigenvalue weighted by Gasteiger charge is 2.25. The van der Waals surface area contributed by atoms with Crippen molar-refractivity contribution in [2.24, 2.45) is 7.05 Å². The molecule has 28 heavy (non-hydrogen) atoms. The molecule has 0 fully saturated rings. The van der Waals surface area contributed by atoms with Crippen LogP contribution in [0.4, 0.5) is 0 Å². The Morgan fingerprint density at radius 2 is 1.82 bits per heavy atom. The number of rotatable bonds is 6. The van der Waals surface area contributed by atoms with Crippen LogP contribution in [-0.4, -0.2) is 41.4 Å². The number of nitrogens with zero attached hydrogens (tertiary/aromatic N) is 6. The molecule has 0 saturated carbocycles. The molecule has 0 spiro atoms. The van der Waals surface area contributed by atoms with Crippen LogP contribution in [0.1, 0.15) is 75.1 Å². The Bertz CT molecular complexity index is 982. The first-order valence-corrected chi connectivity index (χ1v) is 9.85. The summed E-state index contributed by atoms with van der Waals surface area (Å²) in [6.07, 6.45) is 5.52. The molecule has 7 nitrogen and oxygen atoms in total. The Balaban J connectivity index is 2.10. The largest absolute Gasteiger partial charge is 0.332 e. The second kappa shape index (κ2) is 7.73. The van der Waals surface area contributed by atoms with E-state index in [9.17, 15) is 4.79 Å². The third kappa shape index (κ3) is 3.79. The molecule has 0 aliphatic heterocycles. The van der Waals surface area contributed by atoms with E-state index >= 15 is 0 Å². The van der Waals surface area contributed by atoms with E-state index in [2.05, 4.69) is 37.9 Å². The summed E-state index contributed by atoms with van der Waals surface area (Å²) in [6.45, 7) is 12.9. The van der Waals surface area contributed by atoms with Gasteiger partial charge >= 0.3 is 0 Å². The van der Waals surface area contributed by atoms with E-state index in [0.717, 1.165) is 22.3 Å². The molecule has 3 aromatic rings. The molecule has 0 aromatic carbocycles. The van der Waals surface area contributed by atoms with Crippen molar-refractivity contribution in [2.45, 2.75) is 66.1 Å². The second-order valence-corrected chi connectivity index (χ2v) is 8.22. The average Bonchev–Trinajstić information content (AvgIpc) is 3.23. The zero-order valence-electron chi connectivity index (χ0n) is 17.8. The molecule has 0 bridgehead atoms. The summed E-state index contributed by atoms with van der Waals surface area (Å²) >= 11 is 0. The minimum absolute atomic E-state index is 0.00328. The number of carbonyl (C=O) groups is 1. The molecule has 7 heteroatoms. The van der Waals surface area contributed by atoms with Crippen molar-refractivity contribution < 1.29 is 4.79 Å². The van der Waals surface area contributed by atoms with Crippen molar-refractivity contribution in [1.29, 1.82) is 0 Å². The minimum atomic E-state index is -0.00328. The van der Waals surface area contributed by atoms with Crippen LogP contribution >= 0.6 is 0 Å². The Labute approximate surface area is 166 Å². The standard InChI is InChI=1S/C21H30N6O/c1-13(2)19-8-17(18-10-23-27(15(5)6)20(18)24-19)21(28)26(14(3)4)12-16-9-22-25(7)11-16/h8-11,13-15H,12H2,1-7H3. The normalized spacial score (nSPS) is 11.9. The number of hydrogen-bond acceptors (Lipinski definition) is 4. The molecule has 0 N–H and O–H groups in total. The van der Waals surface area contributed by atoms with Gasteiger partial charge in [0.15, 0.2) is 5.65 Å². The number of hydrogen-bond donors (Lipinski definition) is 0. The van der Waals surface area contributed by atoms with E-state index < -0.39 is 0 Å². The molecule has 3 aromatic heterocycles. The second-order valence-electron chi connectivity index (χ2n) is 8.22. The third-order valence-electron chi connectivity index (χ3n) is 4.89. The van der Waals surface area contributed by atoms with E-state index in [0.29, 0.717) is 12.1 Å². The molecule has 150 valence electrons. The molecule has 0 radical (unpaired) electrons. The Morgan fingerprint density at radius 3 is 2.36 bits per heavy atom. The van der Waals surface area contributed by atoms with Crippen molar-refractivity contribution in [3.05, 3.63) is 41.5 Å². The molecule has 0 atom stereocenters. The lowest BCUT2D eigenvalue weighted by Gasteiger charge is -2.27. The van der Waals surface area contributed by atoms with E-state index in [-0.39, 0.29) is 23.9 Å². The molecule has 0 unspecified atom stereocenters. The topological polar surface area (TPSA) is 68.8 Å². The van der Waals surface area contributed by atoms with Crippen LogP contribution in [-0.2, 0) is 13.6 Å². The highest BCUT2D eigenvalue weighted by molar-refractivity contribution is 6.05. The molecule has 0 aliphatic carbocycles. The average molecular weight is 383 g/mol. The third-order valence-corrected chi connectivity index (χ3v) is 4.89. The lowest BCUT2D eigenvalue weighted by molar-refractivity contribution is 0.0692. The number of aromatic nitrogens is 5. The van der Waals surface area contributed by atoms with Gasteiger partial charge in [0.25, 0.3) is 5.91 Å². The molecule has 3 rings (SSSR count). The van der Waals surface area contributed by atoms with Crippen molar-refractivity contribution in [3.63, 3.8) is 0 Å². The summed E-state index contributed by atoms with van der Waals surface area (Å²) in [5, 5.41) is 9.53. The van der Waals surface area contributed by atoms with Gasteiger partial charge < -0.3 is 4.90 Å². The van der Waals surface area contributed by atoms with Gasteiger partial charge in [0.1, 0.15) is 0 Å². The fraction of sp³-hybridized carbons (Fsp3) is 0.524. The van der Waals surface area contributed by atoms with Crippen LogP contribution in [0.2, 0.25) is 0 Å². The summed E-state index contributed by atoms with van der Waals surface area (Å²) in [4.78, 5) is 20.3. The quantitative estimate of drug-likeness (QED) is 0.648. The highest BCUT2D eigenvalue weighted by Crippen LogP contribution is 2.26. The Hall–Kier alpha value is -2.70. The van der Waals surface area contributed by atoms with E-state index in [1.54, 1.807) is 17.1 Å². The summed E-state index contributed by atoms with van der Waals surface area (Å²) in [5.74, 6) is 0.216. The monoisotopic (exact) mass is 382 g/mol. The number of amides is 1. The summed E-state index contributed by atoms with van der Waals surface area (Å²) in [6, 6.07) is 2.16. The summed E-state index contributed by atoms with van der Waals surface area (Å²) < 4.78 is 3.64. The van der Waals surface area contributed by atoms with Gasteiger partial charge in [-0.05, 0) is 39.7 Å². The van der Waals surface area contributed by atoms with Crippen molar-refractivity contribution in [1.82, 2.24) is 29.4 Å². The summed E-state index contributed by atoms with van der Waals surface area (Å²) in [7, 11) is 1.88. The van der Waals surface area contributed by atoms with Gasteiger partial charge in [-0.15, -0.1) is 0 Å². The first-order valence-electron chi connectivity index (χ1n) is 9.85. The molecular formula is C21H30N6O. The van der Waals surface area contributed by atoms with Crippen LogP contribution in [0, 0.1) is 0 Å². The van der Waals surface area contributed by atoms with Gasteiger partial charge in [0.2, 0.25) is 0 Å². The fourth-order valence-corrected chi connectivity index (χ4v) is 3.28. The maximum atomic E-state index is 13.6. The van der Waals surface area contributed by atoms with Gasteiger partial charge in [-0.25, -0.2) is 9.67 Å². The van der Waals surface area contributed by atoms with Crippen molar-refractivity contribution in [3.8, 4) is 0 Å². The Morgan fingerprint density at radius 1 is 1.11 bits per heavy atom. The van der Waals surface area contributed by atoms with Crippen molar-refractivity contribution >= 4 is 16.9 Å². The fourth-order valence-electron chi connectivity index (χ4n) is 3.28. The maximum Gasteiger partial charge on any atom is 0.255 e. The minimum Gasteiger partial charge on any atom is -0.332 e. The van der Waals surface area contributed by atoms with E-state index in [1.165, 1.54) is 0 Å². The van der Waals surface area contributed by atoms with Gasteiger partial charge in [-0.1, -0.05) is 13.8 Å². The van der Waals surface area contributed by atoms with Crippen molar-refractivity contribution in [2.75, 3.05) is 0 Å². The smallest absolute Gasteiger partial charge is 0.255 e. The highest BCUT2D eigenvalue weighted by atomic mass is 16.2. The lowest BCUT2D eigenvalue weighted by atomic mass is 10.0. The lowest BCUT2D eigenvalue weighted by Crippen LogP contribution is -2.36. The first kappa shape index (κ1) is 20.0. The molecule has 3 heterocycles. The number of aryl methyl sites for hydroxylation is 1.